The smallest absolute Gasteiger partial charge is 0.273 e. The van der Waals surface area contributed by atoms with Crippen molar-refractivity contribution in [3.63, 3.8) is 0 Å². The van der Waals surface area contributed by atoms with Crippen LogP contribution >= 0.6 is 0 Å². The maximum atomic E-state index is 13.6. The van der Waals surface area contributed by atoms with Crippen LogP contribution in [-0.2, 0) is 24.4 Å². The highest BCUT2D eigenvalue weighted by molar-refractivity contribution is 6.07. The van der Waals surface area contributed by atoms with Crippen LogP contribution < -0.4 is 10.6 Å². The number of aromatic nitrogens is 2. The lowest BCUT2D eigenvalue weighted by molar-refractivity contribution is -0.133. The summed E-state index contributed by atoms with van der Waals surface area (Å²) in [6.45, 7) is 7.02. The van der Waals surface area contributed by atoms with Crippen LogP contribution in [0.25, 0.3) is 0 Å². The summed E-state index contributed by atoms with van der Waals surface area (Å²) in [4.78, 5) is 45.8. The first-order valence-electron chi connectivity index (χ1n) is 11.9. The molecule has 1 aliphatic heterocycles. The molecule has 0 unspecified atom stereocenters. The minimum absolute atomic E-state index is 0.0792. The lowest BCUT2D eigenvalue weighted by Crippen LogP contribution is -2.64. The van der Waals surface area contributed by atoms with Crippen molar-refractivity contribution in [2.45, 2.75) is 52.4 Å². The van der Waals surface area contributed by atoms with Gasteiger partial charge >= 0.3 is 0 Å². The fourth-order valence-electron chi connectivity index (χ4n) is 4.48. The molecule has 2 aromatic carbocycles. The van der Waals surface area contributed by atoms with E-state index in [-0.39, 0.29) is 29.7 Å². The molecule has 8 nitrogen and oxygen atoms in total. The van der Waals surface area contributed by atoms with Gasteiger partial charge in [0.1, 0.15) is 11.2 Å². The summed E-state index contributed by atoms with van der Waals surface area (Å²) in [5.74, 6) is -1.02. The molecule has 0 fully saturated rings. The average Bonchev–Trinajstić information content (AvgIpc) is 3.28. The van der Waals surface area contributed by atoms with Crippen molar-refractivity contribution in [1.29, 1.82) is 0 Å². The molecule has 0 saturated carbocycles. The monoisotopic (exact) mass is 473 g/mol. The van der Waals surface area contributed by atoms with Gasteiger partial charge in [0.25, 0.3) is 11.8 Å². The second-order valence-electron chi connectivity index (χ2n) is 9.14. The summed E-state index contributed by atoms with van der Waals surface area (Å²) in [5.41, 5.74) is 2.23. The van der Waals surface area contributed by atoms with Crippen LogP contribution in [0.5, 0.6) is 0 Å². The van der Waals surface area contributed by atoms with E-state index in [9.17, 15) is 14.4 Å². The number of imidazole rings is 1. The van der Waals surface area contributed by atoms with Crippen molar-refractivity contribution < 1.29 is 14.4 Å². The van der Waals surface area contributed by atoms with E-state index >= 15 is 0 Å². The van der Waals surface area contributed by atoms with Gasteiger partial charge in [-0.15, -0.1) is 0 Å². The Morgan fingerprint density at radius 1 is 1.03 bits per heavy atom. The standard InChI is InChI=1S/C27H31N5O3/c1-4-13-32-25(34)23-22(24(33)28-16-21-12-8-9-19(2)14-21)30-18-31(23)17-27(32,3)26(35)29-15-20-10-6-5-7-11-20/h5-12,14,18H,4,13,15-17H2,1-3H3,(H,28,33)(H,29,35)/t27-/m1/s1. The zero-order chi connectivity index (χ0) is 25.0. The van der Waals surface area contributed by atoms with Gasteiger partial charge in [0.05, 0.1) is 12.9 Å². The fraction of sp³-hybridized carbons (Fsp3) is 0.333. The number of benzene rings is 2. The maximum absolute atomic E-state index is 13.6. The van der Waals surface area contributed by atoms with Gasteiger partial charge in [-0.25, -0.2) is 4.98 Å². The number of rotatable bonds is 8. The van der Waals surface area contributed by atoms with E-state index in [0.717, 1.165) is 16.7 Å². The van der Waals surface area contributed by atoms with E-state index in [1.165, 1.54) is 6.33 Å². The van der Waals surface area contributed by atoms with Crippen molar-refractivity contribution in [1.82, 2.24) is 25.1 Å². The van der Waals surface area contributed by atoms with Gasteiger partial charge in [-0.05, 0) is 31.4 Å². The van der Waals surface area contributed by atoms with E-state index in [0.29, 0.717) is 26.1 Å². The van der Waals surface area contributed by atoms with Crippen LogP contribution in [0.1, 0.15) is 57.9 Å². The van der Waals surface area contributed by atoms with Crippen molar-refractivity contribution in [3.05, 3.63) is 89.0 Å². The molecule has 35 heavy (non-hydrogen) atoms. The molecule has 4 rings (SSSR count). The Morgan fingerprint density at radius 2 is 1.74 bits per heavy atom. The molecule has 1 aliphatic rings. The first kappa shape index (κ1) is 24.2. The Labute approximate surface area is 205 Å². The first-order valence-corrected chi connectivity index (χ1v) is 11.9. The van der Waals surface area contributed by atoms with E-state index in [4.69, 9.17) is 0 Å². The number of amides is 3. The van der Waals surface area contributed by atoms with Crippen LogP contribution in [0.3, 0.4) is 0 Å². The molecule has 0 radical (unpaired) electrons. The topological polar surface area (TPSA) is 96.3 Å². The molecule has 2 heterocycles. The molecule has 3 aromatic rings. The Bertz CT molecular complexity index is 1240. The highest BCUT2D eigenvalue weighted by atomic mass is 16.2. The summed E-state index contributed by atoms with van der Waals surface area (Å²) in [6, 6.07) is 17.5. The van der Waals surface area contributed by atoms with Crippen molar-refractivity contribution >= 4 is 17.7 Å². The predicted octanol–water partition coefficient (Wildman–Crippen LogP) is 3.06. The molecule has 8 heteroatoms. The molecule has 2 N–H and O–H groups in total. The van der Waals surface area contributed by atoms with Crippen LogP contribution in [0.15, 0.2) is 60.9 Å². The average molecular weight is 474 g/mol. The minimum atomic E-state index is -1.11. The molecule has 1 atom stereocenters. The molecular formula is C27H31N5O3. The van der Waals surface area contributed by atoms with Gasteiger partial charge in [0, 0.05) is 19.6 Å². The predicted molar refractivity (Wildman–Crippen MR) is 133 cm³/mol. The highest BCUT2D eigenvalue weighted by Crippen LogP contribution is 2.29. The number of carbonyl (C=O) groups is 3. The van der Waals surface area contributed by atoms with Crippen LogP contribution in [-0.4, -0.2) is 44.3 Å². The molecule has 0 aliphatic carbocycles. The van der Waals surface area contributed by atoms with Gasteiger partial charge in [-0.1, -0.05) is 67.1 Å². The Hall–Kier alpha value is -3.94. The van der Waals surface area contributed by atoms with Gasteiger partial charge < -0.3 is 20.1 Å². The molecular weight excluding hydrogens is 442 g/mol. The quantitative estimate of drug-likeness (QED) is 0.526. The van der Waals surface area contributed by atoms with Crippen molar-refractivity contribution in [3.8, 4) is 0 Å². The molecule has 0 saturated heterocycles. The zero-order valence-electron chi connectivity index (χ0n) is 20.4. The molecule has 0 spiro atoms. The lowest BCUT2D eigenvalue weighted by Gasteiger charge is -2.43. The van der Waals surface area contributed by atoms with Crippen LogP contribution in [0.2, 0.25) is 0 Å². The number of hydrogen-bond donors (Lipinski definition) is 2. The number of carbonyl (C=O) groups excluding carboxylic acids is 3. The third-order valence-corrected chi connectivity index (χ3v) is 6.34. The van der Waals surface area contributed by atoms with Gasteiger partial charge in [-0.2, -0.15) is 0 Å². The molecule has 0 bridgehead atoms. The number of nitrogens with one attached hydrogen (secondary N) is 2. The number of aryl methyl sites for hydroxylation is 1. The second-order valence-corrected chi connectivity index (χ2v) is 9.14. The molecule has 182 valence electrons. The summed E-state index contributed by atoms with van der Waals surface area (Å²) in [5, 5.41) is 5.84. The van der Waals surface area contributed by atoms with Crippen molar-refractivity contribution in [2.24, 2.45) is 0 Å². The van der Waals surface area contributed by atoms with Crippen LogP contribution in [0.4, 0.5) is 0 Å². The van der Waals surface area contributed by atoms with E-state index in [1.807, 2.05) is 68.4 Å². The van der Waals surface area contributed by atoms with Gasteiger partial charge in [0.2, 0.25) is 5.91 Å². The van der Waals surface area contributed by atoms with E-state index < -0.39 is 11.4 Å². The normalized spacial score (nSPS) is 17.1. The largest absolute Gasteiger partial charge is 0.350 e. The van der Waals surface area contributed by atoms with E-state index in [2.05, 4.69) is 15.6 Å². The number of hydrogen-bond acceptors (Lipinski definition) is 4. The third-order valence-electron chi connectivity index (χ3n) is 6.34. The summed E-state index contributed by atoms with van der Waals surface area (Å²) in [7, 11) is 0. The first-order chi connectivity index (χ1) is 16.8. The Kier molecular flexibility index (Phi) is 7.00. The number of fused-ring (bicyclic) bond motifs is 1. The van der Waals surface area contributed by atoms with E-state index in [1.54, 1.807) is 16.4 Å². The second kappa shape index (κ2) is 10.1. The Morgan fingerprint density at radius 3 is 2.46 bits per heavy atom. The SMILES string of the molecule is CCCN1C(=O)c2c(C(=O)NCc3cccc(C)c3)ncn2C[C@]1(C)C(=O)NCc1ccccc1. The summed E-state index contributed by atoms with van der Waals surface area (Å²) in [6.07, 6.45) is 2.15. The van der Waals surface area contributed by atoms with Gasteiger partial charge in [-0.3, -0.25) is 14.4 Å². The van der Waals surface area contributed by atoms with Gasteiger partial charge in [0.15, 0.2) is 5.69 Å². The zero-order valence-corrected chi connectivity index (χ0v) is 20.4. The lowest BCUT2D eigenvalue weighted by atomic mass is 9.94. The Balaban J connectivity index is 1.54. The molecule has 3 amide bonds. The fourth-order valence-corrected chi connectivity index (χ4v) is 4.48. The minimum Gasteiger partial charge on any atom is -0.350 e. The third kappa shape index (κ3) is 4.96. The molecule has 1 aromatic heterocycles. The van der Waals surface area contributed by atoms with Crippen LogP contribution in [0, 0.1) is 6.92 Å². The summed E-state index contributed by atoms with van der Waals surface area (Å²) < 4.78 is 1.62. The highest BCUT2D eigenvalue weighted by Gasteiger charge is 2.48. The summed E-state index contributed by atoms with van der Waals surface area (Å²) >= 11 is 0. The number of nitrogens with zero attached hydrogens (tertiary/aromatic N) is 3. The maximum Gasteiger partial charge on any atom is 0.273 e. The van der Waals surface area contributed by atoms with Crippen molar-refractivity contribution in [2.75, 3.05) is 6.54 Å².